The summed E-state index contributed by atoms with van der Waals surface area (Å²) in [5.74, 6) is -0.204. The lowest BCUT2D eigenvalue weighted by molar-refractivity contribution is 0.0697. The van der Waals surface area contributed by atoms with Gasteiger partial charge in [0.2, 0.25) is 0 Å². The molecule has 5 heteroatoms. The average Bonchev–Trinajstić information content (AvgIpc) is 2.39. The van der Waals surface area contributed by atoms with Gasteiger partial charge < -0.3 is 15.3 Å². The molecule has 1 fully saturated rings. The standard InChI is InChI=1S/C14H19BrN2O2/c1-17-6-4-10(5-7-17)9-16-13-3-2-11(14(18)19)8-12(13)15/h2-3,8,10,16H,4-7,9H2,1H3,(H,18,19). The van der Waals surface area contributed by atoms with Crippen LogP contribution in [0.4, 0.5) is 5.69 Å². The van der Waals surface area contributed by atoms with Crippen molar-refractivity contribution in [2.75, 3.05) is 32.0 Å². The number of carboxylic acid groups (broad SMARTS) is 1. The second-order valence-corrected chi connectivity index (χ2v) is 5.98. The van der Waals surface area contributed by atoms with Crippen molar-refractivity contribution < 1.29 is 9.90 Å². The molecule has 104 valence electrons. The van der Waals surface area contributed by atoms with E-state index in [4.69, 9.17) is 5.11 Å². The summed E-state index contributed by atoms with van der Waals surface area (Å²) in [7, 11) is 2.16. The van der Waals surface area contributed by atoms with E-state index in [0.717, 1.165) is 29.8 Å². The molecule has 2 N–H and O–H groups in total. The Morgan fingerprint density at radius 3 is 2.74 bits per heavy atom. The molecule has 0 bridgehead atoms. The van der Waals surface area contributed by atoms with Gasteiger partial charge in [0.05, 0.1) is 5.56 Å². The average molecular weight is 327 g/mol. The first-order chi connectivity index (χ1) is 9.06. The summed E-state index contributed by atoms with van der Waals surface area (Å²) in [4.78, 5) is 13.2. The van der Waals surface area contributed by atoms with Crippen molar-refractivity contribution in [3.8, 4) is 0 Å². The Labute approximate surface area is 121 Å². The van der Waals surface area contributed by atoms with Crippen LogP contribution in [0.5, 0.6) is 0 Å². The first-order valence-electron chi connectivity index (χ1n) is 6.51. The van der Waals surface area contributed by atoms with E-state index in [9.17, 15) is 4.79 Å². The Morgan fingerprint density at radius 1 is 1.47 bits per heavy atom. The molecule has 4 nitrogen and oxygen atoms in total. The smallest absolute Gasteiger partial charge is 0.335 e. The van der Waals surface area contributed by atoms with Gasteiger partial charge in [-0.05, 0) is 73.0 Å². The van der Waals surface area contributed by atoms with E-state index in [1.54, 1.807) is 12.1 Å². The molecule has 1 saturated heterocycles. The number of carboxylic acids is 1. The first-order valence-corrected chi connectivity index (χ1v) is 7.31. The molecule has 0 radical (unpaired) electrons. The lowest BCUT2D eigenvalue weighted by Crippen LogP contribution is -2.32. The molecular weight excluding hydrogens is 308 g/mol. The van der Waals surface area contributed by atoms with E-state index in [1.165, 1.54) is 12.8 Å². The molecule has 0 aliphatic carbocycles. The molecule has 2 rings (SSSR count). The van der Waals surface area contributed by atoms with Gasteiger partial charge in [-0.1, -0.05) is 0 Å². The van der Waals surface area contributed by atoms with E-state index < -0.39 is 5.97 Å². The van der Waals surface area contributed by atoms with Gasteiger partial charge in [-0.2, -0.15) is 0 Å². The van der Waals surface area contributed by atoms with Crippen molar-refractivity contribution in [3.63, 3.8) is 0 Å². The zero-order valence-corrected chi connectivity index (χ0v) is 12.6. The Morgan fingerprint density at radius 2 is 2.16 bits per heavy atom. The van der Waals surface area contributed by atoms with E-state index in [-0.39, 0.29) is 0 Å². The number of benzene rings is 1. The highest BCUT2D eigenvalue weighted by atomic mass is 79.9. The van der Waals surface area contributed by atoms with Crippen LogP contribution >= 0.6 is 15.9 Å². The molecule has 1 heterocycles. The SMILES string of the molecule is CN1CCC(CNc2ccc(C(=O)O)cc2Br)CC1. The minimum Gasteiger partial charge on any atom is -0.478 e. The van der Waals surface area contributed by atoms with Crippen LogP contribution in [0.15, 0.2) is 22.7 Å². The van der Waals surface area contributed by atoms with Crippen LogP contribution in [0, 0.1) is 5.92 Å². The molecule has 19 heavy (non-hydrogen) atoms. The highest BCUT2D eigenvalue weighted by Gasteiger charge is 2.16. The molecule has 1 aliphatic rings. The molecule has 0 saturated carbocycles. The Kier molecular flexibility index (Phi) is 4.82. The Balaban J connectivity index is 1.91. The van der Waals surface area contributed by atoms with Gasteiger partial charge in [-0.25, -0.2) is 4.79 Å². The molecule has 0 spiro atoms. The highest BCUT2D eigenvalue weighted by molar-refractivity contribution is 9.10. The fourth-order valence-corrected chi connectivity index (χ4v) is 2.83. The number of nitrogens with zero attached hydrogens (tertiary/aromatic N) is 1. The minimum atomic E-state index is -0.900. The number of aromatic carboxylic acids is 1. The van der Waals surface area contributed by atoms with Crippen molar-refractivity contribution in [3.05, 3.63) is 28.2 Å². The molecule has 0 unspecified atom stereocenters. The topological polar surface area (TPSA) is 52.6 Å². The van der Waals surface area contributed by atoms with Crippen LogP contribution in [0.2, 0.25) is 0 Å². The summed E-state index contributed by atoms with van der Waals surface area (Å²) in [5.41, 5.74) is 1.26. The highest BCUT2D eigenvalue weighted by Crippen LogP contribution is 2.25. The normalized spacial score (nSPS) is 17.4. The van der Waals surface area contributed by atoms with Crippen LogP contribution in [-0.4, -0.2) is 42.7 Å². The van der Waals surface area contributed by atoms with Crippen LogP contribution in [0.3, 0.4) is 0 Å². The maximum Gasteiger partial charge on any atom is 0.335 e. The number of halogens is 1. The van der Waals surface area contributed by atoms with E-state index >= 15 is 0 Å². The molecule has 1 aliphatic heterocycles. The minimum absolute atomic E-state index is 0.303. The van der Waals surface area contributed by atoms with Gasteiger partial charge in [0, 0.05) is 16.7 Å². The third-order valence-corrected chi connectivity index (χ3v) is 4.29. The van der Waals surface area contributed by atoms with Gasteiger partial charge in [-0.3, -0.25) is 0 Å². The molecule has 0 aromatic heterocycles. The van der Waals surface area contributed by atoms with Gasteiger partial charge in [-0.15, -0.1) is 0 Å². The van der Waals surface area contributed by atoms with E-state index in [0.29, 0.717) is 11.5 Å². The van der Waals surface area contributed by atoms with Crippen molar-refractivity contribution in [2.45, 2.75) is 12.8 Å². The predicted octanol–water partition coefficient (Wildman–Crippen LogP) is 2.90. The largest absolute Gasteiger partial charge is 0.478 e. The molecule has 0 atom stereocenters. The third kappa shape index (κ3) is 3.94. The van der Waals surface area contributed by atoms with Crippen molar-refractivity contribution in [1.82, 2.24) is 4.90 Å². The number of anilines is 1. The Hall–Kier alpha value is -1.07. The van der Waals surface area contributed by atoms with E-state index in [2.05, 4.69) is 33.2 Å². The zero-order valence-electron chi connectivity index (χ0n) is 11.0. The molecule has 1 aromatic carbocycles. The molecule has 1 aromatic rings. The zero-order chi connectivity index (χ0) is 13.8. The van der Waals surface area contributed by atoms with Crippen LogP contribution in [-0.2, 0) is 0 Å². The van der Waals surface area contributed by atoms with Gasteiger partial charge in [0.1, 0.15) is 0 Å². The fourth-order valence-electron chi connectivity index (χ4n) is 2.31. The van der Waals surface area contributed by atoms with Crippen LogP contribution < -0.4 is 5.32 Å². The summed E-state index contributed by atoms with van der Waals surface area (Å²) in [6.45, 7) is 3.26. The first kappa shape index (κ1) is 14.3. The van der Waals surface area contributed by atoms with Gasteiger partial charge in [0.25, 0.3) is 0 Å². The number of hydrogen-bond acceptors (Lipinski definition) is 3. The summed E-state index contributed by atoms with van der Waals surface area (Å²) >= 11 is 3.42. The summed E-state index contributed by atoms with van der Waals surface area (Å²) in [6.07, 6.45) is 2.43. The van der Waals surface area contributed by atoms with Crippen LogP contribution in [0.25, 0.3) is 0 Å². The number of piperidine rings is 1. The lowest BCUT2D eigenvalue weighted by Gasteiger charge is -2.29. The van der Waals surface area contributed by atoms with Crippen molar-refractivity contribution >= 4 is 27.6 Å². The van der Waals surface area contributed by atoms with E-state index in [1.807, 2.05) is 6.07 Å². The van der Waals surface area contributed by atoms with Crippen LogP contribution in [0.1, 0.15) is 23.2 Å². The summed E-state index contributed by atoms with van der Waals surface area (Å²) in [6, 6.07) is 5.09. The molecule has 0 amide bonds. The maximum atomic E-state index is 10.9. The van der Waals surface area contributed by atoms with Gasteiger partial charge >= 0.3 is 5.97 Å². The molecular formula is C14H19BrN2O2. The summed E-state index contributed by atoms with van der Waals surface area (Å²) < 4.78 is 0.806. The Bertz CT molecular complexity index is 457. The number of rotatable bonds is 4. The monoisotopic (exact) mass is 326 g/mol. The predicted molar refractivity (Wildman–Crippen MR) is 79.8 cm³/mol. The number of carbonyl (C=O) groups is 1. The van der Waals surface area contributed by atoms with Crippen molar-refractivity contribution in [2.24, 2.45) is 5.92 Å². The van der Waals surface area contributed by atoms with Crippen molar-refractivity contribution in [1.29, 1.82) is 0 Å². The number of nitrogens with one attached hydrogen (secondary N) is 1. The lowest BCUT2D eigenvalue weighted by atomic mass is 9.97. The second kappa shape index (κ2) is 6.39. The summed E-state index contributed by atoms with van der Waals surface area (Å²) in [5, 5.41) is 12.3. The number of hydrogen-bond donors (Lipinski definition) is 2. The third-order valence-electron chi connectivity index (χ3n) is 3.64. The number of likely N-dealkylation sites (tertiary alicyclic amines) is 1. The quantitative estimate of drug-likeness (QED) is 0.893. The second-order valence-electron chi connectivity index (χ2n) is 5.13. The maximum absolute atomic E-state index is 10.9. The fraction of sp³-hybridized carbons (Fsp3) is 0.500. The van der Waals surface area contributed by atoms with Gasteiger partial charge in [0.15, 0.2) is 0 Å².